The summed E-state index contributed by atoms with van der Waals surface area (Å²) in [6.07, 6.45) is 4.09. The second-order valence-corrected chi connectivity index (χ2v) is 8.88. The van der Waals surface area contributed by atoms with Gasteiger partial charge in [-0.05, 0) is 32.9 Å². The van der Waals surface area contributed by atoms with Crippen molar-refractivity contribution in [2.45, 2.75) is 26.8 Å². The Kier molecular flexibility index (Phi) is 4.48. The monoisotopic (exact) mass is 410 g/mol. The Morgan fingerprint density at radius 1 is 1.07 bits per heavy atom. The van der Waals surface area contributed by atoms with Gasteiger partial charge in [0, 0.05) is 50.3 Å². The first-order valence-electron chi connectivity index (χ1n) is 9.86. The summed E-state index contributed by atoms with van der Waals surface area (Å²) < 4.78 is 17.6. The van der Waals surface area contributed by atoms with Crippen molar-refractivity contribution < 1.29 is 4.39 Å². The lowest BCUT2D eigenvalue weighted by molar-refractivity contribution is 0.191. The highest BCUT2D eigenvalue weighted by atomic mass is 32.1. The maximum atomic E-state index is 14.7. The smallest absolute Gasteiger partial charge is 0.171 e. The van der Waals surface area contributed by atoms with Crippen LogP contribution in [0.15, 0.2) is 30.6 Å². The molecule has 0 amide bonds. The predicted molar refractivity (Wildman–Crippen MR) is 114 cm³/mol. The molecule has 1 fully saturated rings. The Labute approximate surface area is 172 Å². The fourth-order valence-corrected chi connectivity index (χ4v) is 4.89. The lowest BCUT2D eigenvalue weighted by Crippen LogP contribution is -2.47. The maximum absolute atomic E-state index is 14.7. The Balaban J connectivity index is 1.32. The van der Waals surface area contributed by atoms with Gasteiger partial charge in [0.05, 0.1) is 27.1 Å². The fourth-order valence-electron chi connectivity index (χ4n) is 4.09. The van der Waals surface area contributed by atoms with Crippen LogP contribution in [0.3, 0.4) is 0 Å². The molecular formula is C21H23FN6S. The van der Waals surface area contributed by atoms with Crippen molar-refractivity contribution in [2.24, 2.45) is 0 Å². The topological polar surface area (TPSA) is 49.6 Å². The van der Waals surface area contributed by atoms with E-state index < -0.39 is 0 Å². The number of piperazine rings is 1. The highest BCUT2D eigenvalue weighted by molar-refractivity contribution is 7.18. The van der Waals surface area contributed by atoms with Crippen molar-refractivity contribution in [3.63, 3.8) is 0 Å². The van der Waals surface area contributed by atoms with Gasteiger partial charge in [0.15, 0.2) is 5.65 Å². The lowest BCUT2D eigenvalue weighted by atomic mass is 10.1. The molecule has 6 nitrogen and oxygen atoms in total. The second-order valence-electron chi connectivity index (χ2n) is 7.64. The molecule has 150 valence electrons. The summed E-state index contributed by atoms with van der Waals surface area (Å²) in [7, 11) is 0. The van der Waals surface area contributed by atoms with Crippen molar-refractivity contribution in [2.75, 3.05) is 31.1 Å². The normalized spacial score (nSPS) is 16.8. The van der Waals surface area contributed by atoms with E-state index in [4.69, 9.17) is 0 Å². The minimum atomic E-state index is -0.240. The van der Waals surface area contributed by atoms with Crippen LogP contribution in [-0.2, 0) is 0 Å². The molecule has 1 unspecified atom stereocenters. The standard InChI is InChI=1S/C21H23FN6S/c1-13-12-28-5-4-16(10-19(28)23-13)27-8-6-26(7-9-27)14(2)20-17(22)11-18-21(25-20)24-15(3)29-18/h4-5,10-12,14H,6-9H2,1-3H3. The summed E-state index contributed by atoms with van der Waals surface area (Å²) in [4.78, 5) is 18.2. The minimum absolute atomic E-state index is 0.0824. The third-order valence-electron chi connectivity index (χ3n) is 5.66. The molecule has 0 aromatic carbocycles. The fraction of sp³-hybridized carbons (Fsp3) is 0.381. The van der Waals surface area contributed by atoms with Crippen LogP contribution in [0.4, 0.5) is 10.1 Å². The van der Waals surface area contributed by atoms with Gasteiger partial charge >= 0.3 is 0 Å². The number of halogens is 1. The van der Waals surface area contributed by atoms with Crippen LogP contribution in [0.5, 0.6) is 0 Å². The maximum Gasteiger partial charge on any atom is 0.171 e. The number of nitrogens with zero attached hydrogens (tertiary/aromatic N) is 6. The van der Waals surface area contributed by atoms with Crippen LogP contribution in [-0.4, -0.2) is 50.4 Å². The lowest BCUT2D eigenvalue weighted by Gasteiger charge is -2.39. The molecule has 1 aliphatic heterocycles. The van der Waals surface area contributed by atoms with Gasteiger partial charge in [0.1, 0.15) is 11.5 Å². The third-order valence-corrected chi connectivity index (χ3v) is 6.56. The number of anilines is 1. The van der Waals surface area contributed by atoms with Crippen LogP contribution in [0, 0.1) is 19.7 Å². The molecule has 5 heterocycles. The van der Waals surface area contributed by atoms with E-state index in [0.717, 1.165) is 47.2 Å². The average molecular weight is 411 g/mol. The van der Waals surface area contributed by atoms with Crippen LogP contribution in [0.2, 0.25) is 0 Å². The molecule has 1 aliphatic rings. The number of imidazole rings is 1. The quantitative estimate of drug-likeness (QED) is 0.511. The first kappa shape index (κ1) is 18.4. The molecule has 4 aromatic heterocycles. The summed E-state index contributed by atoms with van der Waals surface area (Å²) in [5, 5.41) is 0.912. The van der Waals surface area contributed by atoms with Gasteiger partial charge in [-0.15, -0.1) is 11.3 Å². The summed E-state index contributed by atoms with van der Waals surface area (Å²) in [5.74, 6) is -0.240. The van der Waals surface area contributed by atoms with E-state index in [-0.39, 0.29) is 11.9 Å². The van der Waals surface area contributed by atoms with Gasteiger partial charge in [-0.25, -0.2) is 19.3 Å². The molecule has 0 N–H and O–H groups in total. The minimum Gasteiger partial charge on any atom is -0.369 e. The average Bonchev–Trinajstić information content (AvgIpc) is 3.26. The summed E-state index contributed by atoms with van der Waals surface area (Å²) in [5.41, 5.74) is 4.30. The second kappa shape index (κ2) is 7.03. The number of rotatable bonds is 3. The highest BCUT2D eigenvalue weighted by Gasteiger charge is 2.26. The number of aromatic nitrogens is 4. The largest absolute Gasteiger partial charge is 0.369 e. The van der Waals surface area contributed by atoms with Gasteiger partial charge in [0.25, 0.3) is 0 Å². The molecule has 0 radical (unpaired) electrons. The predicted octanol–water partition coefficient (Wildman–Crippen LogP) is 3.98. The van der Waals surface area contributed by atoms with Crippen molar-refractivity contribution in [1.82, 2.24) is 24.3 Å². The zero-order valence-electron chi connectivity index (χ0n) is 16.8. The van der Waals surface area contributed by atoms with E-state index in [1.807, 2.05) is 31.4 Å². The van der Waals surface area contributed by atoms with E-state index in [2.05, 4.69) is 43.1 Å². The highest BCUT2D eigenvalue weighted by Crippen LogP contribution is 2.28. The molecule has 0 aliphatic carbocycles. The van der Waals surface area contributed by atoms with E-state index in [0.29, 0.717) is 11.3 Å². The Hall–Kier alpha value is -2.58. The molecule has 0 saturated carbocycles. The number of hydrogen-bond acceptors (Lipinski definition) is 6. The van der Waals surface area contributed by atoms with Crippen LogP contribution in [0.1, 0.15) is 29.4 Å². The first-order valence-corrected chi connectivity index (χ1v) is 10.7. The Morgan fingerprint density at radius 3 is 2.66 bits per heavy atom. The summed E-state index contributed by atoms with van der Waals surface area (Å²) >= 11 is 1.48. The molecule has 4 aromatic rings. The first-order chi connectivity index (χ1) is 14.0. The SMILES string of the molecule is Cc1cn2ccc(N3CCN(C(C)c4nc5nc(C)sc5cc4F)CC3)cc2n1. The van der Waals surface area contributed by atoms with Crippen molar-refractivity contribution in [1.29, 1.82) is 0 Å². The van der Waals surface area contributed by atoms with Gasteiger partial charge in [0.2, 0.25) is 0 Å². The number of fused-ring (bicyclic) bond motifs is 2. The molecule has 0 spiro atoms. The number of aryl methyl sites for hydroxylation is 2. The molecular weight excluding hydrogens is 387 g/mol. The summed E-state index contributed by atoms with van der Waals surface area (Å²) in [6.45, 7) is 9.45. The Morgan fingerprint density at radius 2 is 1.86 bits per heavy atom. The van der Waals surface area contributed by atoms with Gasteiger partial charge in [-0.1, -0.05) is 0 Å². The summed E-state index contributed by atoms with van der Waals surface area (Å²) in [6, 6.07) is 5.76. The van der Waals surface area contributed by atoms with Crippen LogP contribution < -0.4 is 4.90 Å². The number of hydrogen-bond donors (Lipinski definition) is 0. The van der Waals surface area contributed by atoms with Crippen molar-refractivity contribution in [3.05, 3.63) is 52.8 Å². The molecule has 5 rings (SSSR count). The van der Waals surface area contributed by atoms with E-state index >= 15 is 0 Å². The molecule has 8 heteroatoms. The van der Waals surface area contributed by atoms with E-state index in [1.165, 1.54) is 17.0 Å². The number of pyridine rings is 2. The van der Waals surface area contributed by atoms with Crippen molar-refractivity contribution >= 4 is 33.0 Å². The van der Waals surface area contributed by atoms with Crippen LogP contribution >= 0.6 is 11.3 Å². The molecule has 0 bridgehead atoms. The zero-order valence-corrected chi connectivity index (χ0v) is 17.6. The van der Waals surface area contributed by atoms with Gasteiger partial charge < -0.3 is 9.30 Å². The number of thiazole rings is 1. The Bertz CT molecular complexity index is 1190. The zero-order chi connectivity index (χ0) is 20.1. The van der Waals surface area contributed by atoms with Gasteiger partial charge in [-0.3, -0.25) is 4.90 Å². The van der Waals surface area contributed by atoms with E-state index in [1.54, 1.807) is 6.07 Å². The van der Waals surface area contributed by atoms with Crippen molar-refractivity contribution in [3.8, 4) is 0 Å². The van der Waals surface area contributed by atoms with E-state index in [9.17, 15) is 4.39 Å². The molecule has 1 saturated heterocycles. The third kappa shape index (κ3) is 3.36. The van der Waals surface area contributed by atoms with Crippen LogP contribution in [0.25, 0.3) is 16.0 Å². The molecule has 1 atom stereocenters. The molecule has 29 heavy (non-hydrogen) atoms. The van der Waals surface area contributed by atoms with Gasteiger partial charge in [-0.2, -0.15) is 0 Å².